The Kier molecular flexibility index (Phi) is 6.08. The van der Waals surface area contributed by atoms with Gasteiger partial charge < -0.3 is 10.4 Å². The van der Waals surface area contributed by atoms with Crippen molar-refractivity contribution in [1.29, 1.82) is 0 Å². The lowest BCUT2D eigenvalue weighted by atomic mass is 10.1. The molecular formula is C23H21N7O. The molecule has 0 spiro atoms. The average Bonchev–Trinajstić information content (AvgIpc) is 3.24. The van der Waals surface area contributed by atoms with Crippen molar-refractivity contribution in [2.45, 2.75) is 13.0 Å². The van der Waals surface area contributed by atoms with Gasteiger partial charge in [0.1, 0.15) is 24.2 Å². The SMILES string of the molecule is C[C@H](Nc1nccc(-n2cnc3cc(O)ccc32)n1)c1ccccc1.c1cncnc1. The second-order valence-electron chi connectivity index (χ2n) is 6.71. The summed E-state index contributed by atoms with van der Waals surface area (Å²) >= 11 is 0. The van der Waals surface area contributed by atoms with E-state index in [4.69, 9.17) is 0 Å². The van der Waals surface area contributed by atoms with Crippen LogP contribution < -0.4 is 5.32 Å². The lowest BCUT2D eigenvalue weighted by molar-refractivity contribution is 0.476. The van der Waals surface area contributed by atoms with Gasteiger partial charge in [0.05, 0.1) is 17.1 Å². The molecule has 0 aliphatic heterocycles. The Morgan fingerprint density at radius 1 is 0.903 bits per heavy atom. The highest BCUT2D eigenvalue weighted by Gasteiger charge is 2.10. The summed E-state index contributed by atoms with van der Waals surface area (Å²) < 4.78 is 1.87. The molecule has 2 aromatic carbocycles. The first-order valence-electron chi connectivity index (χ1n) is 9.71. The summed E-state index contributed by atoms with van der Waals surface area (Å²) in [7, 11) is 0. The van der Waals surface area contributed by atoms with E-state index in [-0.39, 0.29) is 11.8 Å². The van der Waals surface area contributed by atoms with Gasteiger partial charge in [-0.3, -0.25) is 4.57 Å². The third-order valence-corrected chi connectivity index (χ3v) is 4.54. The van der Waals surface area contributed by atoms with Crippen molar-refractivity contribution in [2.75, 3.05) is 5.32 Å². The van der Waals surface area contributed by atoms with Gasteiger partial charge in [-0.2, -0.15) is 4.98 Å². The summed E-state index contributed by atoms with van der Waals surface area (Å²) in [5.74, 6) is 1.46. The molecule has 0 bridgehead atoms. The molecule has 5 aromatic rings. The maximum Gasteiger partial charge on any atom is 0.225 e. The lowest BCUT2D eigenvalue weighted by Crippen LogP contribution is -2.10. The van der Waals surface area contributed by atoms with Gasteiger partial charge in [0.15, 0.2) is 0 Å². The topological polar surface area (TPSA) is 102 Å². The van der Waals surface area contributed by atoms with Gasteiger partial charge in [-0.25, -0.2) is 19.9 Å². The first kappa shape index (κ1) is 20.0. The number of nitrogens with zero attached hydrogens (tertiary/aromatic N) is 6. The van der Waals surface area contributed by atoms with E-state index in [1.807, 2.05) is 34.9 Å². The van der Waals surface area contributed by atoms with Crippen LogP contribution in [0.25, 0.3) is 16.9 Å². The number of nitrogens with one attached hydrogen (secondary N) is 1. The molecule has 5 rings (SSSR count). The van der Waals surface area contributed by atoms with E-state index in [1.54, 1.807) is 43.1 Å². The van der Waals surface area contributed by atoms with Gasteiger partial charge in [-0.1, -0.05) is 30.3 Å². The molecule has 0 aliphatic carbocycles. The van der Waals surface area contributed by atoms with E-state index in [0.29, 0.717) is 17.3 Å². The Morgan fingerprint density at radius 2 is 1.71 bits per heavy atom. The molecule has 3 heterocycles. The molecule has 8 nitrogen and oxygen atoms in total. The predicted molar refractivity (Wildman–Crippen MR) is 119 cm³/mol. The highest BCUT2D eigenvalue weighted by Crippen LogP contribution is 2.22. The number of fused-ring (bicyclic) bond motifs is 1. The summed E-state index contributed by atoms with van der Waals surface area (Å²) in [6, 6.07) is 18.9. The third kappa shape index (κ3) is 4.99. The van der Waals surface area contributed by atoms with Gasteiger partial charge >= 0.3 is 0 Å². The van der Waals surface area contributed by atoms with Crippen molar-refractivity contribution in [2.24, 2.45) is 0 Å². The zero-order chi connectivity index (χ0) is 21.5. The second kappa shape index (κ2) is 9.45. The Labute approximate surface area is 179 Å². The Hall–Kier alpha value is -4.33. The molecule has 31 heavy (non-hydrogen) atoms. The molecule has 0 saturated heterocycles. The molecule has 0 aliphatic rings. The minimum absolute atomic E-state index is 0.0907. The monoisotopic (exact) mass is 411 g/mol. The van der Waals surface area contributed by atoms with Gasteiger partial charge in [-0.05, 0) is 36.8 Å². The van der Waals surface area contributed by atoms with Crippen LogP contribution in [0.4, 0.5) is 5.95 Å². The molecule has 8 heteroatoms. The summed E-state index contributed by atoms with van der Waals surface area (Å²) in [6.45, 7) is 2.07. The zero-order valence-corrected chi connectivity index (χ0v) is 16.9. The quantitative estimate of drug-likeness (QED) is 0.458. The van der Waals surface area contributed by atoms with Crippen LogP contribution in [0.3, 0.4) is 0 Å². The molecule has 1 atom stereocenters. The minimum Gasteiger partial charge on any atom is -0.508 e. The van der Waals surface area contributed by atoms with Gasteiger partial charge in [0, 0.05) is 24.7 Å². The zero-order valence-electron chi connectivity index (χ0n) is 16.9. The van der Waals surface area contributed by atoms with Crippen molar-refractivity contribution in [3.8, 4) is 11.6 Å². The minimum atomic E-state index is 0.0907. The van der Waals surface area contributed by atoms with Crippen LogP contribution in [0, 0.1) is 0 Å². The average molecular weight is 411 g/mol. The van der Waals surface area contributed by atoms with Crippen molar-refractivity contribution in [1.82, 2.24) is 29.5 Å². The number of hydrogen-bond donors (Lipinski definition) is 2. The van der Waals surface area contributed by atoms with E-state index in [1.165, 1.54) is 11.9 Å². The highest BCUT2D eigenvalue weighted by atomic mass is 16.3. The van der Waals surface area contributed by atoms with Crippen LogP contribution in [-0.2, 0) is 0 Å². The Morgan fingerprint density at radius 3 is 2.42 bits per heavy atom. The van der Waals surface area contributed by atoms with E-state index < -0.39 is 0 Å². The first-order chi connectivity index (χ1) is 15.2. The fourth-order valence-electron chi connectivity index (χ4n) is 3.01. The van der Waals surface area contributed by atoms with E-state index in [9.17, 15) is 5.11 Å². The summed E-state index contributed by atoms with van der Waals surface area (Å²) in [5.41, 5.74) is 2.75. The largest absolute Gasteiger partial charge is 0.508 e. The fourth-order valence-corrected chi connectivity index (χ4v) is 3.01. The van der Waals surface area contributed by atoms with Crippen LogP contribution in [0.15, 0.2) is 91.9 Å². The number of rotatable bonds is 4. The molecule has 0 amide bonds. The number of benzene rings is 2. The molecular weight excluding hydrogens is 390 g/mol. The first-order valence-corrected chi connectivity index (χ1v) is 9.71. The normalized spacial score (nSPS) is 11.4. The molecule has 0 saturated carbocycles. The molecule has 3 aromatic heterocycles. The number of imidazole rings is 1. The summed E-state index contributed by atoms with van der Waals surface area (Å²) in [5, 5.41) is 12.9. The summed E-state index contributed by atoms with van der Waals surface area (Å²) in [4.78, 5) is 20.6. The number of phenols is 1. The van der Waals surface area contributed by atoms with Crippen molar-refractivity contribution >= 4 is 17.0 Å². The number of aromatic hydroxyl groups is 1. The van der Waals surface area contributed by atoms with Crippen LogP contribution in [0.2, 0.25) is 0 Å². The number of phenolic OH excluding ortho intramolecular Hbond substituents is 1. The third-order valence-electron chi connectivity index (χ3n) is 4.54. The van der Waals surface area contributed by atoms with Gasteiger partial charge in [0.25, 0.3) is 0 Å². The van der Waals surface area contributed by atoms with Crippen molar-refractivity contribution in [3.63, 3.8) is 0 Å². The van der Waals surface area contributed by atoms with E-state index in [0.717, 1.165) is 5.52 Å². The highest BCUT2D eigenvalue weighted by molar-refractivity contribution is 5.78. The van der Waals surface area contributed by atoms with E-state index >= 15 is 0 Å². The second-order valence-corrected chi connectivity index (χ2v) is 6.71. The van der Waals surface area contributed by atoms with Gasteiger partial charge in [0.2, 0.25) is 5.95 Å². The molecule has 0 unspecified atom stereocenters. The number of aromatic nitrogens is 6. The molecule has 2 N–H and O–H groups in total. The molecule has 0 fully saturated rings. The Balaban J connectivity index is 0.000000334. The van der Waals surface area contributed by atoms with Crippen LogP contribution in [-0.4, -0.2) is 34.6 Å². The van der Waals surface area contributed by atoms with Gasteiger partial charge in [-0.15, -0.1) is 0 Å². The van der Waals surface area contributed by atoms with Crippen molar-refractivity contribution < 1.29 is 5.11 Å². The van der Waals surface area contributed by atoms with Crippen molar-refractivity contribution in [3.05, 3.63) is 97.5 Å². The smallest absolute Gasteiger partial charge is 0.225 e. The standard InChI is InChI=1S/C19H17N5O.C4H4N2/c1-13(14-5-3-2-4-6-14)22-19-20-10-9-18(23-19)24-12-21-16-11-15(25)7-8-17(16)24;1-2-5-4-6-3-1/h2-13,25H,1H3,(H,20,22,23);1-4H/t13-;/m0./s1. The number of hydrogen-bond acceptors (Lipinski definition) is 7. The predicted octanol–water partition coefficient (Wildman–Crippen LogP) is 4.17. The van der Waals surface area contributed by atoms with Crippen LogP contribution in [0.5, 0.6) is 5.75 Å². The van der Waals surface area contributed by atoms with E-state index in [2.05, 4.69) is 49.3 Å². The molecule has 154 valence electrons. The summed E-state index contributed by atoms with van der Waals surface area (Å²) in [6.07, 6.45) is 8.28. The maximum absolute atomic E-state index is 9.58. The Bertz CT molecular complexity index is 1220. The molecule has 0 radical (unpaired) electrons. The number of anilines is 1. The fraction of sp³-hybridized carbons (Fsp3) is 0.0870. The maximum atomic E-state index is 9.58. The van der Waals surface area contributed by atoms with Crippen LogP contribution in [0.1, 0.15) is 18.5 Å². The lowest BCUT2D eigenvalue weighted by Gasteiger charge is -2.14. The van der Waals surface area contributed by atoms with Crippen LogP contribution >= 0.6 is 0 Å².